The van der Waals surface area contributed by atoms with Gasteiger partial charge in [0.25, 0.3) is 0 Å². The number of carbonyl (C=O) groups is 1. The maximum absolute atomic E-state index is 13.9. The van der Waals surface area contributed by atoms with Gasteiger partial charge in [-0.25, -0.2) is 13.2 Å². The van der Waals surface area contributed by atoms with Gasteiger partial charge in [0.1, 0.15) is 11.6 Å². The summed E-state index contributed by atoms with van der Waals surface area (Å²) >= 11 is 5.19. The van der Waals surface area contributed by atoms with E-state index in [0.29, 0.717) is 0 Å². The molecule has 150 valence electrons. The number of rotatable bonds is 5. The number of methoxy groups -OCH3 is 1. The summed E-state index contributed by atoms with van der Waals surface area (Å²) in [6, 6.07) is 0.281. The van der Waals surface area contributed by atoms with Crippen molar-refractivity contribution < 1.29 is 40.6 Å². The van der Waals surface area contributed by atoms with Crippen LogP contribution in [0.15, 0.2) is 17.2 Å². The molecule has 1 aromatic carbocycles. The Hall–Kier alpha value is -1.90. The van der Waals surface area contributed by atoms with Gasteiger partial charge in [-0.05, 0) is 11.3 Å². The number of halogens is 7. The number of hydrogen-bond donors (Lipinski definition) is 0. The van der Waals surface area contributed by atoms with Crippen LogP contribution in [0.1, 0.15) is 19.4 Å². The largest absolute Gasteiger partial charge is 0.493 e. The first kappa shape index (κ1) is 21.4. The smallest absolute Gasteiger partial charge is 0.426 e. The third kappa shape index (κ3) is 4.17. The third-order valence-corrected chi connectivity index (χ3v) is 4.88. The van der Waals surface area contributed by atoms with E-state index in [2.05, 4.69) is 4.74 Å². The highest BCUT2D eigenvalue weighted by Crippen LogP contribution is 2.60. The number of ether oxygens (including phenoxy) is 2. The predicted molar refractivity (Wildman–Crippen MR) is 83.4 cm³/mol. The van der Waals surface area contributed by atoms with Crippen molar-refractivity contribution in [1.82, 2.24) is 0 Å². The molecule has 0 saturated heterocycles. The van der Waals surface area contributed by atoms with E-state index in [9.17, 15) is 31.1 Å². The van der Waals surface area contributed by atoms with Crippen molar-refractivity contribution >= 4 is 17.6 Å². The van der Waals surface area contributed by atoms with Crippen LogP contribution in [0.5, 0.6) is 5.75 Å². The molecule has 2 rings (SSSR count). The summed E-state index contributed by atoms with van der Waals surface area (Å²) in [6.07, 6.45) is -4.03. The number of carbonyl (C=O) groups excluding carboxylic acids is 1. The van der Waals surface area contributed by atoms with Crippen molar-refractivity contribution in [3.63, 3.8) is 0 Å². The number of hydrogen-bond acceptors (Lipinski definition) is 3. The van der Waals surface area contributed by atoms with Crippen LogP contribution in [0.4, 0.5) is 26.3 Å². The average molecular weight is 417 g/mol. The summed E-state index contributed by atoms with van der Waals surface area (Å²) < 4.78 is 88.0. The first-order valence-corrected chi connectivity index (χ1v) is 8.01. The molecule has 0 bridgehead atoms. The minimum atomic E-state index is -4.75. The van der Waals surface area contributed by atoms with E-state index in [1.165, 1.54) is 13.8 Å². The number of esters is 1. The van der Waals surface area contributed by atoms with Crippen LogP contribution in [-0.4, -0.2) is 19.3 Å². The lowest BCUT2D eigenvalue weighted by atomic mass is 10.1. The van der Waals surface area contributed by atoms with Crippen molar-refractivity contribution in [1.29, 1.82) is 0 Å². The lowest BCUT2D eigenvalue weighted by molar-refractivity contribution is -0.147. The maximum atomic E-state index is 13.9. The minimum Gasteiger partial charge on any atom is -0.493 e. The molecule has 0 aromatic heterocycles. The highest BCUT2D eigenvalue weighted by Gasteiger charge is 2.62. The molecule has 10 heteroatoms. The molecule has 1 aliphatic carbocycles. The Balaban J connectivity index is 2.16. The zero-order chi connectivity index (χ0) is 20.7. The van der Waals surface area contributed by atoms with Gasteiger partial charge in [0.2, 0.25) is 0 Å². The molecular formula is C17H15ClF6O3. The van der Waals surface area contributed by atoms with E-state index in [-0.39, 0.29) is 6.07 Å². The lowest BCUT2D eigenvalue weighted by Gasteiger charge is -2.12. The molecule has 1 aromatic rings. The lowest BCUT2D eigenvalue weighted by Crippen LogP contribution is -2.13. The van der Waals surface area contributed by atoms with Gasteiger partial charge in [-0.1, -0.05) is 31.5 Å². The first-order chi connectivity index (χ1) is 12.3. The molecule has 0 radical (unpaired) electrons. The van der Waals surface area contributed by atoms with Crippen LogP contribution >= 0.6 is 11.6 Å². The Kier molecular flexibility index (Phi) is 5.75. The summed E-state index contributed by atoms with van der Waals surface area (Å²) in [5, 5.41) is -1.37. The predicted octanol–water partition coefficient (Wildman–Crippen LogP) is 5.11. The summed E-state index contributed by atoms with van der Waals surface area (Å²) in [5.41, 5.74) is -1.53. The molecular weight excluding hydrogens is 402 g/mol. The third-order valence-electron chi connectivity index (χ3n) is 4.54. The average Bonchev–Trinajstić information content (AvgIpc) is 3.08. The Morgan fingerprint density at radius 2 is 1.85 bits per heavy atom. The fourth-order valence-electron chi connectivity index (χ4n) is 2.90. The SMILES string of the molecule is COc1c(F)cc(F)c(F)c1COC(=O)[C@H]1[C@@H](/C=C(\Cl)C(F)(F)F)C1(C)C. The van der Waals surface area contributed by atoms with Crippen LogP contribution in [-0.2, 0) is 16.1 Å². The Bertz CT molecular complexity index is 788. The van der Waals surface area contributed by atoms with Crippen LogP contribution < -0.4 is 4.74 Å². The molecule has 27 heavy (non-hydrogen) atoms. The summed E-state index contributed by atoms with van der Waals surface area (Å²) in [7, 11) is 1.02. The van der Waals surface area contributed by atoms with Gasteiger partial charge in [-0.3, -0.25) is 4.79 Å². The van der Waals surface area contributed by atoms with Crippen LogP contribution in [0.3, 0.4) is 0 Å². The monoisotopic (exact) mass is 416 g/mol. The molecule has 0 aliphatic heterocycles. The molecule has 1 saturated carbocycles. The van der Waals surface area contributed by atoms with Gasteiger partial charge in [0.05, 0.1) is 18.6 Å². The van der Waals surface area contributed by atoms with E-state index < -0.39 is 69.8 Å². The fraction of sp³-hybridized carbons (Fsp3) is 0.471. The van der Waals surface area contributed by atoms with Gasteiger partial charge in [-0.2, -0.15) is 13.2 Å². The van der Waals surface area contributed by atoms with Crippen LogP contribution in [0, 0.1) is 34.7 Å². The van der Waals surface area contributed by atoms with Gasteiger partial charge in [-0.15, -0.1) is 0 Å². The Labute approximate surface area is 155 Å². The summed E-state index contributed by atoms with van der Waals surface area (Å²) in [5.74, 6) is -7.54. The number of allylic oxidation sites excluding steroid dienone is 2. The Morgan fingerprint density at radius 1 is 1.26 bits per heavy atom. The molecule has 0 N–H and O–H groups in total. The van der Waals surface area contributed by atoms with Crippen molar-refractivity contribution in [2.45, 2.75) is 26.6 Å². The highest BCUT2D eigenvalue weighted by molar-refractivity contribution is 6.30. The van der Waals surface area contributed by atoms with E-state index in [1.807, 2.05) is 0 Å². The van der Waals surface area contributed by atoms with Gasteiger partial charge in [0.15, 0.2) is 23.2 Å². The van der Waals surface area contributed by atoms with E-state index >= 15 is 0 Å². The second-order valence-electron chi connectivity index (χ2n) is 6.61. The topological polar surface area (TPSA) is 35.5 Å². The first-order valence-electron chi connectivity index (χ1n) is 7.63. The maximum Gasteiger partial charge on any atom is 0.426 e. The van der Waals surface area contributed by atoms with E-state index in [1.54, 1.807) is 0 Å². The number of benzene rings is 1. The quantitative estimate of drug-likeness (QED) is 0.380. The van der Waals surface area contributed by atoms with Crippen molar-refractivity contribution in [3.8, 4) is 5.75 Å². The van der Waals surface area contributed by atoms with Crippen LogP contribution in [0.2, 0.25) is 0 Å². The van der Waals surface area contributed by atoms with Crippen molar-refractivity contribution in [2.75, 3.05) is 7.11 Å². The fourth-order valence-corrected chi connectivity index (χ4v) is 3.04. The normalized spacial score (nSPS) is 21.8. The van der Waals surface area contributed by atoms with Gasteiger partial charge < -0.3 is 9.47 Å². The molecule has 0 unspecified atom stereocenters. The molecule has 3 nitrogen and oxygen atoms in total. The van der Waals surface area contributed by atoms with E-state index in [4.69, 9.17) is 16.3 Å². The Morgan fingerprint density at radius 3 is 2.37 bits per heavy atom. The number of alkyl halides is 3. The standard InChI is InChI=1S/C17H15ClF6O3/c1-16(2)8(4-11(18)17(22,23)24)12(16)15(25)27-6-7-13(21)9(19)5-10(20)14(7)26-3/h4-5,8,12H,6H2,1-3H3/b11-4-/t8-,12-/m1/s1. The zero-order valence-electron chi connectivity index (χ0n) is 14.4. The van der Waals surface area contributed by atoms with Crippen LogP contribution in [0.25, 0.3) is 0 Å². The molecule has 2 atom stereocenters. The second kappa shape index (κ2) is 7.26. The van der Waals surface area contributed by atoms with Gasteiger partial charge in [0, 0.05) is 6.07 Å². The summed E-state index contributed by atoms with van der Waals surface area (Å²) in [4.78, 5) is 12.2. The van der Waals surface area contributed by atoms with Gasteiger partial charge >= 0.3 is 12.1 Å². The van der Waals surface area contributed by atoms with E-state index in [0.717, 1.165) is 13.2 Å². The zero-order valence-corrected chi connectivity index (χ0v) is 15.1. The molecule has 1 aliphatic rings. The second-order valence-corrected chi connectivity index (χ2v) is 7.02. The van der Waals surface area contributed by atoms with Crippen molar-refractivity contribution in [2.24, 2.45) is 17.3 Å². The molecule has 1 fully saturated rings. The molecule has 0 spiro atoms. The minimum absolute atomic E-state index is 0.281. The molecule has 0 heterocycles. The highest BCUT2D eigenvalue weighted by atomic mass is 35.5. The summed E-state index contributed by atoms with van der Waals surface area (Å²) in [6.45, 7) is 2.21. The molecule has 0 amide bonds. The van der Waals surface area contributed by atoms with Crippen molar-refractivity contribution in [3.05, 3.63) is 40.2 Å².